The summed E-state index contributed by atoms with van der Waals surface area (Å²) in [6.45, 7) is 0. The van der Waals surface area contributed by atoms with Crippen LogP contribution in [0.3, 0.4) is 0 Å². The summed E-state index contributed by atoms with van der Waals surface area (Å²) in [5.41, 5.74) is -0.0856. The van der Waals surface area contributed by atoms with E-state index in [9.17, 15) is 13.2 Å². The second-order valence-corrected chi connectivity index (χ2v) is 2.73. The molecule has 0 aliphatic carbocycles. The van der Waals surface area contributed by atoms with E-state index in [1.807, 2.05) is 0 Å². The van der Waals surface area contributed by atoms with E-state index in [0.29, 0.717) is 0 Å². The monoisotopic (exact) mass is 194 g/mol. The molecule has 0 saturated carbocycles. The summed E-state index contributed by atoms with van der Waals surface area (Å²) in [4.78, 5) is 0. The molecule has 66 valence electrons. The average Bonchev–Trinajstić information content (AvgIpc) is 2.03. The third-order valence-corrected chi connectivity index (χ3v) is 1.62. The summed E-state index contributed by atoms with van der Waals surface area (Å²) in [6, 6.07) is 5.41. The Morgan fingerprint density at radius 2 is 1.83 bits per heavy atom. The van der Waals surface area contributed by atoms with Crippen molar-refractivity contribution in [3.05, 3.63) is 34.9 Å². The van der Waals surface area contributed by atoms with Crippen LogP contribution in [0.5, 0.6) is 0 Å². The predicted molar refractivity (Wildman–Crippen MR) is 41.3 cm³/mol. The zero-order valence-electron chi connectivity index (χ0n) is 5.98. The summed E-state index contributed by atoms with van der Waals surface area (Å²) in [6.07, 6.45) is -5.24. The molecule has 0 saturated heterocycles. The van der Waals surface area contributed by atoms with Crippen molar-refractivity contribution in [1.29, 1.82) is 0 Å². The Bertz CT molecular complexity index is 262. The molecule has 1 aromatic rings. The highest BCUT2D eigenvalue weighted by molar-refractivity contribution is 6.30. The Labute approximate surface area is 73.0 Å². The van der Waals surface area contributed by atoms with E-state index in [2.05, 4.69) is 0 Å². The van der Waals surface area contributed by atoms with E-state index in [4.69, 9.17) is 11.6 Å². The number of rotatable bonds is 2. The minimum atomic E-state index is -3.00. The van der Waals surface area contributed by atoms with Crippen LogP contribution in [0.15, 0.2) is 24.3 Å². The molecule has 4 heteroatoms. The highest BCUT2D eigenvalue weighted by atomic mass is 35.5. The lowest BCUT2D eigenvalue weighted by Crippen LogP contribution is -2.02. The molecule has 1 unspecified atom stereocenters. The van der Waals surface area contributed by atoms with Gasteiger partial charge in [-0.2, -0.15) is 0 Å². The summed E-state index contributed by atoms with van der Waals surface area (Å²) in [5, 5.41) is 0.260. The van der Waals surface area contributed by atoms with Gasteiger partial charge in [0, 0.05) is 5.02 Å². The van der Waals surface area contributed by atoms with E-state index in [-0.39, 0.29) is 10.6 Å². The smallest absolute Gasteiger partial charge is 0.236 e. The fraction of sp³-hybridized carbons (Fsp3) is 0.250. The Balaban J connectivity index is 2.88. The summed E-state index contributed by atoms with van der Waals surface area (Å²) in [7, 11) is 0. The molecule has 0 amide bonds. The van der Waals surface area contributed by atoms with Gasteiger partial charge in [-0.1, -0.05) is 23.7 Å². The molecule has 0 radical (unpaired) electrons. The topological polar surface area (TPSA) is 0 Å². The van der Waals surface area contributed by atoms with Gasteiger partial charge in [0.25, 0.3) is 6.43 Å². The molecule has 0 spiro atoms. The first-order valence-electron chi connectivity index (χ1n) is 3.29. The Morgan fingerprint density at radius 1 is 1.17 bits per heavy atom. The fourth-order valence-electron chi connectivity index (χ4n) is 0.824. The lowest BCUT2D eigenvalue weighted by Gasteiger charge is -2.06. The van der Waals surface area contributed by atoms with Gasteiger partial charge in [-0.3, -0.25) is 0 Å². The van der Waals surface area contributed by atoms with Crippen LogP contribution < -0.4 is 0 Å². The van der Waals surface area contributed by atoms with Gasteiger partial charge in [0.2, 0.25) is 0 Å². The van der Waals surface area contributed by atoms with Gasteiger partial charge < -0.3 is 0 Å². The molecule has 12 heavy (non-hydrogen) atoms. The van der Waals surface area contributed by atoms with Crippen molar-refractivity contribution in [1.82, 2.24) is 0 Å². The molecule has 0 heterocycles. The standard InChI is InChI=1S/C8H6ClF3/c9-6-3-1-2-5(4-6)7(10)8(11)12/h1-4,7-8H. The first-order chi connectivity index (χ1) is 5.61. The molecule has 1 atom stereocenters. The van der Waals surface area contributed by atoms with Crippen molar-refractivity contribution in [3.8, 4) is 0 Å². The predicted octanol–water partition coefficient (Wildman–Crippen LogP) is 3.62. The number of benzene rings is 1. The van der Waals surface area contributed by atoms with Crippen LogP contribution in [0.2, 0.25) is 5.02 Å². The summed E-state index contributed by atoms with van der Waals surface area (Å²) in [5.74, 6) is 0. The van der Waals surface area contributed by atoms with E-state index in [0.717, 1.165) is 0 Å². The van der Waals surface area contributed by atoms with E-state index in [1.165, 1.54) is 24.3 Å². The number of halogens is 4. The van der Waals surface area contributed by atoms with Crippen molar-refractivity contribution < 1.29 is 13.2 Å². The van der Waals surface area contributed by atoms with Gasteiger partial charge in [-0.05, 0) is 17.7 Å². The molecule has 1 aromatic carbocycles. The maximum absolute atomic E-state index is 12.6. The largest absolute Gasteiger partial charge is 0.273 e. The highest BCUT2D eigenvalue weighted by Crippen LogP contribution is 2.26. The minimum absolute atomic E-state index is 0.0856. The molecule has 0 fully saturated rings. The lowest BCUT2D eigenvalue weighted by atomic mass is 10.1. The van der Waals surface area contributed by atoms with Crippen LogP contribution in [0.25, 0.3) is 0 Å². The normalized spacial score (nSPS) is 13.4. The quantitative estimate of drug-likeness (QED) is 0.675. The zero-order chi connectivity index (χ0) is 9.14. The number of alkyl halides is 3. The van der Waals surface area contributed by atoms with E-state index in [1.54, 1.807) is 0 Å². The third kappa shape index (κ3) is 2.14. The van der Waals surface area contributed by atoms with Crippen molar-refractivity contribution in [2.75, 3.05) is 0 Å². The molecule has 1 rings (SSSR count). The van der Waals surface area contributed by atoms with Gasteiger partial charge in [0.05, 0.1) is 0 Å². The first kappa shape index (κ1) is 9.39. The second kappa shape index (κ2) is 3.81. The Morgan fingerprint density at radius 3 is 2.33 bits per heavy atom. The maximum atomic E-state index is 12.6. The molecular weight excluding hydrogens is 189 g/mol. The number of hydrogen-bond acceptors (Lipinski definition) is 0. The molecular formula is C8H6ClF3. The van der Waals surface area contributed by atoms with Crippen molar-refractivity contribution in [2.24, 2.45) is 0 Å². The SMILES string of the molecule is FC(F)C(F)c1cccc(Cl)c1. The zero-order valence-corrected chi connectivity index (χ0v) is 6.73. The Kier molecular flexibility index (Phi) is 2.98. The van der Waals surface area contributed by atoms with Crippen LogP contribution in [0.1, 0.15) is 11.7 Å². The lowest BCUT2D eigenvalue weighted by molar-refractivity contribution is 0.0496. The van der Waals surface area contributed by atoms with Crippen molar-refractivity contribution >= 4 is 11.6 Å². The van der Waals surface area contributed by atoms with Crippen molar-refractivity contribution in [3.63, 3.8) is 0 Å². The number of hydrogen-bond donors (Lipinski definition) is 0. The third-order valence-electron chi connectivity index (χ3n) is 1.39. The molecule has 0 aliphatic heterocycles. The van der Waals surface area contributed by atoms with Gasteiger partial charge in [0.15, 0.2) is 6.17 Å². The van der Waals surface area contributed by atoms with Gasteiger partial charge >= 0.3 is 0 Å². The summed E-state index contributed by atoms with van der Waals surface area (Å²) >= 11 is 5.48. The fourth-order valence-corrected chi connectivity index (χ4v) is 1.02. The average molecular weight is 195 g/mol. The van der Waals surface area contributed by atoms with Crippen LogP contribution in [-0.4, -0.2) is 6.43 Å². The van der Waals surface area contributed by atoms with Crippen LogP contribution in [0.4, 0.5) is 13.2 Å². The Hall–Kier alpha value is -0.700. The van der Waals surface area contributed by atoms with Crippen LogP contribution in [-0.2, 0) is 0 Å². The van der Waals surface area contributed by atoms with Gasteiger partial charge in [0.1, 0.15) is 0 Å². The first-order valence-corrected chi connectivity index (χ1v) is 3.66. The molecule has 0 bridgehead atoms. The molecule has 0 aromatic heterocycles. The molecule has 0 N–H and O–H groups in total. The minimum Gasteiger partial charge on any atom is -0.236 e. The van der Waals surface area contributed by atoms with Crippen LogP contribution in [0, 0.1) is 0 Å². The maximum Gasteiger partial charge on any atom is 0.273 e. The van der Waals surface area contributed by atoms with E-state index >= 15 is 0 Å². The molecule has 0 nitrogen and oxygen atoms in total. The van der Waals surface area contributed by atoms with Crippen LogP contribution >= 0.6 is 11.6 Å². The van der Waals surface area contributed by atoms with Gasteiger partial charge in [-0.15, -0.1) is 0 Å². The van der Waals surface area contributed by atoms with Crippen molar-refractivity contribution in [2.45, 2.75) is 12.6 Å². The molecule has 0 aliphatic rings. The highest BCUT2D eigenvalue weighted by Gasteiger charge is 2.21. The van der Waals surface area contributed by atoms with E-state index < -0.39 is 12.6 Å². The summed E-state index contributed by atoms with van der Waals surface area (Å²) < 4.78 is 36.3. The van der Waals surface area contributed by atoms with Gasteiger partial charge in [-0.25, -0.2) is 13.2 Å². The second-order valence-electron chi connectivity index (χ2n) is 2.29.